The second-order valence-corrected chi connectivity index (χ2v) is 10.9. The maximum Gasteiger partial charge on any atom is 0.215 e. The molecule has 0 amide bonds. The molecule has 2 saturated heterocycles. The van der Waals surface area contributed by atoms with Crippen LogP contribution in [-0.2, 0) is 20.5 Å². The molecule has 0 aliphatic carbocycles. The number of benzene rings is 2. The molecule has 4 rings (SSSR count). The van der Waals surface area contributed by atoms with Gasteiger partial charge in [0.1, 0.15) is 18.5 Å². The van der Waals surface area contributed by atoms with Gasteiger partial charge < -0.3 is 14.6 Å². The first kappa shape index (κ1) is 25.6. The second kappa shape index (κ2) is 11.9. The van der Waals surface area contributed by atoms with Crippen LogP contribution in [-0.4, -0.2) is 94.1 Å². The van der Waals surface area contributed by atoms with Gasteiger partial charge in [-0.25, -0.2) is 13.1 Å². The van der Waals surface area contributed by atoms with Crippen LogP contribution in [0.5, 0.6) is 5.75 Å². The standard InChI is InChI=1S/C25H32N4O5S/c26-12-20-6-8-23(9-7-20)33-18-22(30)13-29-16-24-14-28(15-25(17-29)34-24)11-10-27-35(31,32)19-21-4-2-1-3-5-21/h1-9,22,24-25,27,30H,10-11,13-19H2/t22-,24-,25+/m0/s1. The summed E-state index contributed by atoms with van der Waals surface area (Å²) in [5.74, 6) is 0.603. The molecule has 2 aliphatic rings. The largest absolute Gasteiger partial charge is 0.491 e. The number of ether oxygens (including phenoxy) is 2. The third-order valence-electron chi connectivity index (χ3n) is 6.08. The highest BCUT2D eigenvalue weighted by molar-refractivity contribution is 7.88. The molecule has 2 fully saturated rings. The summed E-state index contributed by atoms with van der Waals surface area (Å²) in [4.78, 5) is 4.44. The predicted molar refractivity (Wildman–Crippen MR) is 131 cm³/mol. The number of aliphatic hydroxyl groups excluding tert-OH is 1. The quantitative estimate of drug-likeness (QED) is 0.466. The molecule has 0 unspecified atom stereocenters. The minimum atomic E-state index is -3.38. The van der Waals surface area contributed by atoms with Gasteiger partial charge in [0.15, 0.2) is 0 Å². The number of hydrogen-bond acceptors (Lipinski definition) is 8. The van der Waals surface area contributed by atoms with E-state index in [1.165, 1.54) is 0 Å². The summed E-state index contributed by atoms with van der Waals surface area (Å²) >= 11 is 0. The Kier molecular flexibility index (Phi) is 8.73. The van der Waals surface area contributed by atoms with Crippen LogP contribution < -0.4 is 9.46 Å². The lowest BCUT2D eigenvalue weighted by atomic mass is 10.1. The van der Waals surface area contributed by atoms with Crippen LogP contribution in [0.2, 0.25) is 0 Å². The van der Waals surface area contributed by atoms with E-state index in [1.54, 1.807) is 24.3 Å². The van der Waals surface area contributed by atoms with E-state index in [0.717, 1.165) is 18.7 Å². The molecular weight excluding hydrogens is 468 g/mol. The molecule has 2 bridgehead atoms. The third kappa shape index (κ3) is 8.00. The van der Waals surface area contributed by atoms with E-state index in [1.807, 2.05) is 30.3 Å². The summed E-state index contributed by atoms with van der Waals surface area (Å²) in [6, 6.07) is 18.0. The van der Waals surface area contributed by atoms with Crippen LogP contribution in [0, 0.1) is 11.3 Å². The van der Waals surface area contributed by atoms with Crippen molar-refractivity contribution in [2.24, 2.45) is 0 Å². The van der Waals surface area contributed by atoms with Crippen molar-refractivity contribution in [2.75, 3.05) is 52.4 Å². The molecule has 0 saturated carbocycles. The van der Waals surface area contributed by atoms with Crippen LogP contribution in [0.3, 0.4) is 0 Å². The van der Waals surface area contributed by atoms with Crippen molar-refractivity contribution in [1.82, 2.24) is 14.5 Å². The van der Waals surface area contributed by atoms with Gasteiger partial charge in [-0.2, -0.15) is 5.26 Å². The maximum atomic E-state index is 12.3. The van der Waals surface area contributed by atoms with E-state index in [9.17, 15) is 13.5 Å². The summed E-state index contributed by atoms with van der Waals surface area (Å²) in [6.07, 6.45) is -0.593. The Labute approximate surface area is 206 Å². The number of morpholine rings is 2. The molecule has 3 atom stereocenters. The Morgan fingerprint density at radius 1 is 1.06 bits per heavy atom. The molecular formula is C25H32N4O5S. The Hall–Kier alpha value is -2.52. The minimum Gasteiger partial charge on any atom is -0.491 e. The number of hydrogen-bond donors (Lipinski definition) is 2. The summed E-state index contributed by atoms with van der Waals surface area (Å²) in [5, 5.41) is 19.3. The molecule has 2 aromatic rings. The number of rotatable bonds is 11. The van der Waals surface area contributed by atoms with Gasteiger partial charge in [-0.1, -0.05) is 30.3 Å². The van der Waals surface area contributed by atoms with E-state index in [4.69, 9.17) is 14.7 Å². The summed E-state index contributed by atoms with van der Waals surface area (Å²) < 4.78 is 39.1. The number of nitrogens with zero attached hydrogens (tertiary/aromatic N) is 3. The molecule has 10 heteroatoms. The number of aliphatic hydroxyl groups is 1. The van der Waals surface area contributed by atoms with E-state index in [-0.39, 0.29) is 24.6 Å². The fourth-order valence-electron chi connectivity index (χ4n) is 4.57. The van der Waals surface area contributed by atoms with Crippen LogP contribution in [0.25, 0.3) is 0 Å². The fraction of sp³-hybridized carbons (Fsp3) is 0.480. The first-order valence-electron chi connectivity index (χ1n) is 11.8. The van der Waals surface area contributed by atoms with Crippen molar-refractivity contribution < 1.29 is 23.0 Å². The van der Waals surface area contributed by atoms with Gasteiger partial charge in [-0.05, 0) is 29.8 Å². The van der Waals surface area contributed by atoms with Crippen molar-refractivity contribution >= 4 is 10.0 Å². The van der Waals surface area contributed by atoms with Crippen LogP contribution >= 0.6 is 0 Å². The van der Waals surface area contributed by atoms with Gasteiger partial charge in [-0.15, -0.1) is 0 Å². The molecule has 2 heterocycles. The molecule has 2 aliphatic heterocycles. The van der Waals surface area contributed by atoms with Crippen molar-refractivity contribution in [3.8, 4) is 11.8 Å². The van der Waals surface area contributed by atoms with Gasteiger partial charge in [0, 0.05) is 45.8 Å². The van der Waals surface area contributed by atoms with Gasteiger partial charge in [0.2, 0.25) is 10.0 Å². The van der Waals surface area contributed by atoms with E-state index >= 15 is 0 Å². The van der Waals surface area contributed by atoms with Crippen LogP contribution in [0.4, 0.5) is 0 Å². The van der Waals surface area contributed by atoms with E-state index in [2.05, 4.69) is 20.6 Å². The van der Waals surface area contributed by atoms with Crippen molar-refractivity contribution in [1.29, 1.82) is 5.26 Å². The maximum absolute atomic E-state index is 12.3. The van der Waals surface area contributed by atoms with Crippen molar-refractivity contribution in [3.63, 3.8) is 0 Å². The zero-order valence-electron chi connectivity index (χ0n) is 19.6. The number of nitrogens with one attached hydrogen (secondary N) is 1. The zero-order chi connectivity index (χ0) is 24.7. The molecule has 2 aromatic carbocycles. The summed E-state index contributed by atoms with van der Waals surface area (Å²) in [7, 11) is -3.38. The average molecular weight is 501 g/mol. The number of β-amino-alcohol motifs (C(OH)–C–C–N with tert-alkyl or cyclic N) is 1. The van der Waals surface area contributed by atoms with Crippen molar-refractivity contribution in [3.05, 3.63) is 65.7 Å². The van der Waals surface area contributed by atoms with Gasteiger partial charge in [0.05, 0.1) is 29.6 Å². The normalized spacial score (nSPS) is 21.8. The highest BCUT2D eigenvalue weighted by Gasteiger charge is 2.35. The first-order valence-corrected chi connectivity index (χ1v) is 13.5. The molecule has 0 spiro atoms. The highest BCUT2D eigenvalue weighted by Crippen LogP contribution is 2.19. The first-order chi connectivity index (χ1) is 16.9. The lowest BCUT2D eigenvalue weighted by Crippen LogP contribution is -2.61. The number of nitriles is 1. The molecule has 0 aromatic heterocycles. The van der Waals surface area contributed by atoms with Crippen LogP contribution in [0.15, 0.2) is 54.6 Å². The summed E-state index contributed by atoms with van der Waals surface area (Å²) in [6.45, 7) is 4.53. The molecule has 188 valence electrons. The molecule has 0 radical (unpaired) electrons. The summed E-state index contributed by atoms with van der Waals surface area (Å²) in [5.41, 5.74) is 1.34. The Morgan fingerprint density at radius 3 is 2.37 bits per heavy atom. The van der Waals surface area contributed by atoms with Gasteiger partial charge >= 0.3 is 0 Å². The van der Waals surface area contributed by atoms with E-state index in [0.29, 0.717) is 44.0 Å². The lowest BCUT2D eigenvalue weighted by Gasteiger charge is -2.46. The van der Waals surface area contributed by atoms with E-state index < -0.39 is 16.1 Å². The van der Waals surface area contributed by atoms with Crippen molar-refractivity contribution in [2.45, 2.75) is 24.1 Å². The molecule has 2 N–H and O–H groups in total. The highest BCUT2D eigenvalue weighted by atomic mass is 32.2. The third-order valence-corrected chi connectivity index (χ3v) is 7.43. The fourth-order valence-corrected chi connectivity index (χ4v) is 5.70. The Balaban J connectivity index is 1.16. The Bertz CT molecular complexity index is 1080. The Morgan fingerprint density at radius 2 is 1.71 bits per heavy atom. The minimum absolute atomic E-state index is 0.0195. The average Bonchev–Trinajstić information content (AvgIpc) is 2.83. The number of fused-ring (bicyclic) bond motifs is 2. The monoisotopic (exact) mass is 500 g/mol. The molecule has 9 nitrogen and oxygen atoms in total. The SMILES string of the molecule is N#Cc1ccc(OC[C@@H](O)CN2C[C@H]3CN(CCNS(=O)(=O)Cc4ccccc4)C[C@@H](C2)O3)cc1. The number of sulfonamides is 1. The zero-order valence-corrected chi connectivity index (χ0v) is 20.4. The lowest BCUT2D eigenvalue weighted by molar-refractivity contribution is -0.142. The van der Waals surface area contributed by atoms with Crippen LogP contribution in [0.1, 0.15) is 11.1 Å². The van der Waals surface area contributed by atoms with Gasteiger partial charge in [-0.3, -0.25) is 9.80 Å². The predicted octanol–water partition coefficient (Wildman–Crippen LogP) is 0.803. The van der Waals surface area contributed by atoms with Gasteiger partial charge in [0.25, 0.3) is 0 Å². The molecule has 35 heavy (non-hydrogen) atoms. The second-order valence-electron chi connectivity index (χ2n) is 9.10. The smallest absolute Gasteiger partial charge is 0.215 e. The topological polar surface area (TPSA) is 115 Å².